The van der Waals surface area contributed by atoms with Crippen molar-refractivity contribution in [1.82, 2.24) is 4.98 Å². The SMILES string of the molecule is c1ccc2c(c1)NC(c1ccc(-c3cc(-c4ccc(C5Nc6ccccc6O5)cc4)c(-c4ccc5ccccc5c4)nc3-c3ccc4ccccc4c3)cc1)O2. The highest BCUT2D eigenvalue weighted by Crippen LogP contribution is 2.43. The molecule has 0 radical (unpaired) electrons. The van der Waals surface area contributed by atoms with Crippen LogP contribution in [0.15, 0.2) is 188 Å². The summed E-state index contributed by atoms with van der Waals surface area (Å²) in [5, 5.41) is 11.8. The molecule has 2 unspecified atom stereocenters. The first kappa shape index (κ1) is 32.1. The van der Waals surface area contributed by atoms with Crippen LogP contribution in [0.25, 0.3) is 66.3 Å². The van der Waals surface area contributed by atoms with E-state index < -0.39 is 0 Å². The Morgan fingerprint density at radius 2 is 0.750 bits per heavy atom. The fourth-order valence-electron chi connectivity index (χ4n) is 8.02. The van der Waals surface area contributed by atoms with Crippen molar-refractivity contribution in [3.8, 4) is 56.3 Å². The quantitative estimate of drug-likeness (QED) is 0.179. The highest BCUT2D eigenvalue weighted by atomic mass is 16.5. The van der Waals surface area contributed by atoms with E-state index in [9.17, 15) is 0 Å². The monoisotopic (exact) mass is 721 g/mol. The van der Waals surface area contributed by atoms with E-state index in [-0.39, 0.29) is 12.5 Å². The first-order valence-corrected chi connectivity index (χ1v) is 19.0. The van der Waals surface area contributed by atoms with Gasteiger partial charge in [-0.25, -0.2) is 4.98 Å². The molecule has 266 valence electrons. The molecule has 0 saturated carbocycles. The maximum Gasteiger partial charge on any atom is 0.196 e. The van der Waals surface area contributed by atoms with Gasteiger partial charge in [0.15, 0.2) is 12.5 Å². The fourth-order valence-corrected chi connectivity index (χ4v) is 8.02. The number of anilines is 2. The van der Waals surface area contributed by atoms with Crippen LogP contribution in [0, 0.1) is 0 Å². The van der Waals surface area contributed by atoms with Crippen LogP contribution >= 0.6 is 0 Å². The average Bonchev–Trinajstić information content (AvgIpc) is 3.91. The molecule has 5 nitrogen and oxygen atoms in total. The fraction of sp³-hybridized carbons (Fsp3) is 0.0392. The second-order valence-electron chi connectivity index (χ2n) is 14.4. The number of pyridine rings is 1. The van der Waals surface area contributed by atoms with Crippen molar-refractivity contribution in [1.29, 1.82) is 0 Å². The molecular weight excluding hydrogens is 687 g/mol. The Morgan fingerprint density at radius 3 is 1.20 bits per heavy atom. The minimum atomic E-state index is -0.255. The topological polar surface area (TPSA) is 55.4 Å². The molecule has 0 fully saturated rings. The predicted octanol–water partition coefficient (Wildman–Crippen LogP) is 13.1. The number of aromatic nitrogens is 1. The number of hydrogen-bond acceptors (Lipinski definition) is 5. The van der Waals surface area contributed by atoms with Gasteiger partial charge in [-0.3, -0.25) is 0 Å². The van der Waals surface area contributed by atoms with E-state index in [2.05, 4.69) is 150 Å². The van der Waals surface area contributed by atoms with Gasteiger partial charge in [0.1, 0.15) is 11.5 Å². The van der Waals surface area contributed by atoms with Crippen molar-refractivity contribution >= 4 is 32.9 Å². The zero-order valence-corrected chi connectivity index (χ0v) is 30.3. The second kappa shape index (κ2) is 13.2. The third kappa shape index (κ3) is 5.69. The second-order valence-corrected chi connectivity index (χ2v) is 14.4. The molecule has 1 aromatic heterocycles. The van der Waals surface area contributed by atoms with Gasteiger partial charge in [-0.15, -0.1) is 0 Å². The van der Waals surface area contributed by atoms with E-state index in [0.29, 0.717) is 0 Å². The summed E-state index contributed by atoms with van der Waals surface area (Å²) in [6.45, 7) is 0. The Bertz CT molecular complexity index is 2690. The lowest BCUT2D eigenvalue weighted by Gasteiger charge is -2.19. The minimum absolute atomic E-state index is 0.255. The Balaban J connectivity index is 1.07. The summed E-state index contributed by atoms with van der Waals surface area (Å²) in [6, 6.07) is 66.1. The summed E-state index contributed by atoms with van der Waals surface area (Å²) in [7, 11) is 0. The van der Waals surface area contributed by atoms with Crippen LogP contribution in [0.2, 0.25) is 0 Å². The van der Waals surface area contributed by atoms with Crippen molar-refractivity contribution in [2.45, 2.75) is 12.5 Å². The average molecular weight is 722 g/mol. The Labute approximate surface area is 324 Å². The molecule has 2 atom stereocenters. The summed E-state index contributed by atoms with van der Waals surface area (Å²) in [4.78, 5) is 5.66. The number of fused-ring (bicyclic) bond motifs is 4. The van der Waals surface area contributed by atoms with Crippen molar-refractivity contribution in [3.63, 3.8) is 0 Å². The molecule has 0 bridgehead atoms. The number of benzene rings is 8. The van der Waals surface area contributed by atoms with Gasteiger partial charge in [0, 0.05) is 33.4 Å². The summed E-state index contributed by atoms with van der Waals surface area (Å²) >= 11 is 0. The molecule has 0 aliphatic carbocycles. The van der Waals surface area contributed by atoms with Crippen LogP contribution in [0.5, 0.6) is 11.5 Å². The Kier molecular flexibility index (Phi) is 7.56. The number of nitrogens with zero attached hydrogens (tertiary/aromatic N) is 1. The third-order valence-corrected chi connectivity index (χ3v) is 11.0. The van der Waals surface area contributed by atoms with E-state index in [1.807, 2.05) is 48.5 Å². The molecule has 8 aromatic carbocycles. The maximum atomic E-state index is 6.27. The smallest absolute Gasteiger partial charge is 0.196 e. The normalized spacial score (nSPS) is 15.4. The van der Waals surface area contributed by atoms with E-state index in [0.717, 1.165) is 78.8 Å². The van der Waals surface area contributed by atoms with Crippen molar-refractivity contribution < 1.29 is 9.47 Å². The lowest BCUT2D eigenvalue weighted by Crippen LogP contribution is -2.10. The lowest BCUT2D eigenvalue weighted by molar-refractivity contribution is 0.259. The van der Waals surface area contributed by atoms with Crippen LogP contribution in [-0.4, -0.2) is 4.98 Å². The standard InChI is InChI=1S/C51H35N3O2/c1-3-11-38-29-40(27-17-32(38)9-1)48-42(34-19-23-36(24-20-34)50-52-44-13-5-7-15-46(44)55-50)31-43(49(54-48)41-28-18-33-10-2-4-12-39(33)30-41)35-21-25-37(26-22-35)51-53-45-14-6-8-16-47(45)56-51/h1-31,50-53H. The summed E-state index contributed by atoms with van der Waals surface area (Å²) in [6.07, 6.45) is -0.509. The van der Waals surface area contributed by atoms with Crippen LogP contribution in [-0.2, 0) is 0 Å². The van der Waals surface area contributed by atoms with Gasteiger partial charge in [-0.2, -0.15) is 0 Å². The lowest BCUT2D eigenvalue weighted by atomic mass is 9.90. The first-order valence-electron chi connectivity index (χ1n) is 19.0. The number of rotatable bonds is 6. The molecule has 0 amide bonds. The van der Waals surface area contributed by atoms with Crippen molar-refractivity contribution in [2.24, 2.45) is 0 Å². The zero-order chi connectivity index (χ0) is 37.0. The number of hydrogen-bond donors (Lipinski definition) is 2. The molecule has 2 aliphatic rings. The minimum Gasteiger partial charge on any atom is -0.464 e. The third-order valence-electron chi connectivity index (χ3n) is 11.0. The molecule has 0 saturated heterocycles. The van der Waals surface area contributed by atoms with Gasteiger partial charge in [-0.1, -0.05) is 146 Å². The van der Waals surface area contributed by atoms with Crippen LogP contribution in [0.3, 0.4) is 0 Å². The van der Waals surface area contributed by atoms with Gasteiger partial charge < -0.3 is 20.1 Å². The van der Waals surface area contributed by atoms with Crippen molar-refractivity contribution in [3.05, 3.63) is 199 Å². The van der Waals surface area contributed by atoms with E-state index in [1.165, 1.54) is 21.5 Å². The summed E-state index contributed by atoms with van der Waals surface area (Å²) < 4.78 is 12.5. The molecule has 9 aromatic rings. The number of para-hydroxylation sites is 4. The van der Waals surface area contributed by atoms with Gasteiger partial charge in [-0.05, 0) is 75.1 Å². The molecular formula is C51H35N3O2. The van der Waals surface area contributed by atoms with E-state index in [1.54, 1.807) is 0 Å². The van der Waals surface area contributed by atoms with Crippen LogP contribution < -0.4 is 20.1 Å². The van der Waals surface area contributed by atoms with Gasteiger partial charge in [0.25, 0.3) is 0 Å². The van der Waals surface area contributed by atoms with E-state index in [4.69, 9.17) is 14.5 Å². The molecule has 11 rings (SSSR count). The van der Waals surface area contributed by atoms with Gasteiger partial charge in [0.05, 0.1) is 22.8 Å². The largest absolute Gasteiger partial charge is 0.464 e. The van der Waals surface area contributed by atoms with Crippen molar-refractivity contribution in [2.75, 3.05) is 10.6 Å². The highest BCUT2D eigenvalue weighted by Gasteiger charge is 2.25. The molecule has 2 N–H and O–H groups in total. The van der Waals surface area contributed by atoms with Crippen LogP contribution in [0.1, 0.15) is 23.6 Å². The summed E-state index contributed by atoms with van der Waals surface area (Å²) in [5.74, 6) is 1.73. The first-order chi connectivity index (χ1) is 27.7. The van der Waals surface area contributed by atoms with E-state index >= 15 is 0 Å². The maximum absolute atomic E-state index is 6.27. The molecule has 3 heterocycles. The Hall–Kier alpha value is -7.37. The van der Waals surface area contributed by atoms with Gasteiger partial charge in [0.2, 0.25) is 0 Å². The molecule has 5 heteroatoms. The number of nitrogens with one attached hydrogen (secondary N) is 2. The van der Waals surface area contributed by atoms with Crippen LogP contribution in [0.4, 0.5) is 11.4 Å². The summed E-state index contributed by atoms with van der Waals surface area (Å²) in [5.41, 5.74) is 12.3. The number of ether oxygens (including phenoxy) is 2. The molecule has 0 spiro atoms. The molecule has 56 heavy (non-hydrogen) atoms. The predicted molar refractivity (Wildman–Crippen MR) is 228 cm³/mol. The Morgan fingerprint density at radius 1 is 0.357 bits per heavy atom. The van der Waals surface area contributed by atoms with Gasteiger partial charge >= 0.3 is 0 Å². The highest BCUT2D eigenvalue weighted by molar-refractivity contribution is 5.96. The zero-order valence-electron chi connectivity index (χ0n) is 30.3. The molecule has 2 aliphatic heterocycles.